The highest BCUT2D eigenvalue weighted by atomic mass is 32.1. The number of rotatable bonds is 2. The molecule has 0 radical (unpaired) electrons. The summed E-state index contributed by atoms with van der Waals surface area (Å²) in [6.45, 7) is 0.946. The van der Waals surface area contributed by atoms with Crippen molar-refractivity contribution in [3.8, 4) is 10.6 Å². The van der Waals surface area contributed by atoms with E-state index in [0.29, 0.717) is 31.0 Å². The van der Waals surface area contributed by atoms with E-state index >= 15 is 0 Å². The molecule has 1 atom stereocenters. The third-order valence-electron chi connectivity index (χ3n) is 2.94. The number of carbonyl (C=O) groups excluding carboxylic acids is 1. The number of aliphatic hydroxyl groups is 1. The van der Waals surface area contributed by atoms with Crippen LogP contribution in [0.4, 0.5) is 0 Å². The Bertz CT molecular complexity index is 549. The van der Waals surface area contributed by atoms with E-state index < -0.39 is 6.10 Å². The Hall–Kier alpha value is -1.66. The molecule has 1 saturated heterocycles. The molecule has 1 N–H and O–H groups in total. The fourth-order valence-electron chi connectivity index (χ4n) is 2.00. The number of aromatic nitrogens is 1. The van der Waals surface area contributed by atoms with Crippen molar-refractivity contribution in [3.05, 3.63) is 29.3 Å². The van der Waals surface area contributed by atoms with Gasteiger partial charge in [-0.25, -0.2) is 0 Å². The van der Waals surface area contributed by atoms with Crippen molar-refractivity contribution in [2.45, 2.75) is 12.5 Å². The molecule has 0 aromatic carbocycles. The van der Waals surface area contributed by atoms with Crippen LogP contribution < -0.4 is 0 Å². The van der Waals surface area contributed by atoms with Gasteiger partial charge < -0.3 is 14.5 Å². The van der Waals surface area contributed by atoms with E-state index in [1.54, 1.807) is 11.0 Å². The Labute approximate surface area is 108 Å². The first-order valence-electron chi connectivity index (χ1n) is 5.72. The minimum absolute atomic E-state index is 0.182. The lowest BCUT2D eigenvalue weighted by Gasteiger charge is -2.12. The van der Waals surface area contributed by atoms with Crippen molar-refractivity contribution in [2.75, 3.05) is 13.1 Å². The highest BCUT2D eigenvalue weighted by molar-refractivity contribution is 7.13. The molecular formula is C12H12N2O3S. The van der Waals surface area contributed by atoms with Gasteiger partial charge >= 0.3 is 0 Å². The zero-order valence-electron chi connectivity index (χ0n) is 9.57. The maximum absolute atomic E-state index is 12.1. The summed E-state index contributed by atoms with van der Waals surface area (Å²) in [7, 11) is 0. The van der Waals surface area contributed by atoms with Crippen molar-refractivity contribution in [1.82, 2.24) is 10.1 Å². The van der Waals surface area contributed by atoms with Crippen LogP contribution in [-0.4, -0.2) is 40.3 Å². The van der Waals surface area contributed by atoms with Crippen LogP contribution in [0.1, 0.15) is 16.9 Å². The molecule has 1 amide bonds. The van der Waals surface area contributed by atoms with E-state index in [4.69, 9.17) is 4.52 Å². The lowest BCUT2D eigenvalue weighted by Crippen LogP contribution is -2.29. The van der Waals surface area contributed by atoms with Crippen LogP contribution in [0.15, 0.2) is 28.1 Å². The van der Waals surface area contributed by atoms with E-state index in [2.05, 4.69) is 5.16 Å². The average Bonchev–Trinajstić information content (AvgIpc) is 3.09. The predicted molar refractivity (Wildman–Crippen MR) is 66.3 cm³/mol. The fraction of sp³-hybridized carbons (Fsp3) is 0.333. The number of hydrogen-bond acceptors (Lipinski definition) is 5. The van der Waals surface area contributed by atoms with Crippen molar-refractivity contribution >= 4 is 17.2 Å². The maximum Gasteiger partial charge on any atom is 0.276 e. The summed E-state index contributed by atoms with van der Waals surface area (Å²) in [6.07, 6.45) is 0.207. The normalized spacial score (nSPS) is 19.4. The van der Waals surface area contributed by atoms with E-state index in [9.17, 15) is 9.90 Å². The molecule has 0 aliphatic carbocycles. The Kier molecular flexibility index (Phi) is 2.89. The standard InChI is InChI=1S/C12H12N2O3S/c15-8-3-4-14(7-8)12(16)9-6-10(17-13-9)11-2-1-5-18-11/h1-2,5-6,8,15H,3-4,7H2/t8-/m1/s1. The first-order valence-corrected chi connectivity index (χ1v) is 6.60. The summed E-state index contributed by atoms with van der Waals surface area (Å²) in [4.78, 5) is 14.6. The van der Waals surface area contributed by atoms with Gasteiger partial charge in [0.1, 0.15) is 0 Å². The van der Waals surface area contributed by atoms with Gasteiger partial charge in [-0.15, -0.1) is 11.3 Å². The summed E-state index contributed by atoms with van der Waals surface area (Å²) in [5.74, 6) is 0.422. The minimum atomic E-state index is -0.419. The lowest BCUT2D eigenvalue weighted by molar-refractivity contribution is 0.0755. The van der Waals surface area contributed by atoms with Crippen LogP contribution in [0.2, 0.25) is 0 Å². The summed E-state index contributed by atoms with van der Waals surface area (Å²) in [5, 5.41) is 15.2. The number of aliphatic hydroxyl groups excluding tert-OH is 1. The number of hydrogen-bond donors (Lipinski definition) is 1. The van der Waals surface area contributed by atoms with Crippen LogP contribution in [0.25, 0.3) is 10.6 Å². The Morgan fingerprint density at radius 3 is 3.17 bits per heavy atom. The van der Waals surface area contributed by atoms with Crippen LogP contribution in [0.5, 0.6) is 0 Å². The van der Waals surface area contributed by atoms with Gasteiger partial charge in [-0.3, -0.25) is 4.79 Å². The van der Waals surface area contributed by atoms with Crippen LogP contribution in [0, 0.1) is 0 Å². The zero-order chi connectivity index (χ0) is 12.5. The SMILES string of the molecule is O=C(c1cc(-c2cccs2)on1)N1CC[C@@H](O)C1. The van der Waals surface area contributed by atoms with Gasteiger partial charge in [0, 0.05) is 19.2 Å². The minimum Gasteiger partial charge on any atom is -0.391 e. The molecule has 2 aromatic heterocycles. The molecule has 5 nitrogen and oxygen atoms in total. The van der Waals surface area contributed by atoms with Crippen molar-refractivity contribution in [1.29, 1.82) is 0 Å². The van der Waals surface area contributed by atoms with E-state index in [-0.39, 0.29) is 5.91 Å². The molecule has 0 saturated carbocycles. The van der Waals surface area contributed by atoms with Crippen LogP contribution in [-0.2, 0) is 0 Å². The molecule has 6 heteroatoms. The predicted octanol–water partition coefficient (Wildman–Crippen LogP) is 1.61. The highest BCUT2D eigenvalue weighted by Crippen LogP contribution is 2.25. The molecule has 0 unspecified atom stereocenters. The molecule has 0 spiro atoms. The quantitative estimate of drug-likeness (QED) is 0.895. The number of nitrogens with zero attached hydrogens (tertiary/aromatic N) is 2. The molecule has 3 heterocycles. The smallest absolute Gasteiger partial charge is 0.276 e. The van der Waals surface area contributed by atoms with Gasteiger partial charge in [-0.05, 0) is 17.9 Å². The molecule has 1 fully saturated rings. The third kappa shape index (κ3) is 2.04. The molecular weight excluding hydrogens is 252 g/mol. The molecule has 18 heavy (non-hydrogen) atoms. The van der Waals surface area contributed by atoms with Crippen molar-refractivity contribution in [2.24, 2.45) is 0 Å². The maximum atomic E-state index is 12.1. The van der Waals surface area contributed by atoms with Gasteiger partial charge in [0.2, 0.25) is 0 Å². The summed E-state index contributed by atoms with van der Waals surface area (Å²) in [6, 6.07) is 5.48. The van der Waals surface area contributed by atoms with Crippen LogP contribution >= 0.6 is 11.3 Å². The second kappa shape index (κ2) is 4.55. The topological polar surface area (TPSA) is 66.6 Å². The van der Waals surface area contributed by atoms with Gasteiger partial charge in [0.15, 0.2) is 11.5 Å². The zero-order valence-corrected chi connectivity index (χ0v) is 10.4. The molecule has 94 valence electrons. The third-order valence-corrected chi connectivity index (χ3v) is 3.83. The fourth-order valence-corrected chi connectivity index (χ4v) is 2.67. The number of β-amino-alcohol motifs (C(OH)–C–C–N with tert-alkyl or cyclic N) is 1. The van der Waals surface area contributed by atoms with E-state index in [1.165, 1.54) is 11.3 Å². The molecule has 1 aliphatic heterocycles. The molecule has 3 rings (SSSR count). The van der Waals surface area contributed by atoms with E-state index in [0.717, 1.165) is 4.88 Å². The van der Waals surface area contributed by atoms with Gasteiger partial charge in [0.05, 0.1) is 11.0 Å². The monoisotopic (exact) mass is 264 g/mol. The first-order chi connectivity index (χ1) is 8.74. The summed E-state index contributed by atoms with van der Waals surface area (Å²) >= 11 is 1.54. The highest BCUT2D eigenvalue weighted by Gasteiger charge is 2.27. The Morgan fingerprint density at radius 2 is 2.50 bits per heavy atom. The first kappa shape index (κ1) is 11.4. The Balaban J connectivity index is 1.79. The number of amides is 1. The molecule has 1 aliphatic rings. The van der Waals surface area contributed by atoms with Crippen molar-refractivity contribution < 1.29 is 14.4 Å². The Morgan fingerprint density at radius 1 is 1.61 bits per heavy atom. The molecule has 0 bridgehead atoms. The van der Waals surface area contributed by atoms with E-state index in [1.807, 2.05) is 17.5 Å². The number of likely N-dealkylation sites (tertiary alicyclic amines) is 1. The van der Waals surface area contributed by atoms with Gasteiger partial charge in [0.25, 0.3) is 5.91 Å². The second-order valence-electron chi connectivity index (χ2n) is 4.25. The van der Waals surface area contributed by atoms with Crippen LogP contribution in [0.3, 0.4) is 0 Å². The molecule has 2 aromatic rings. The number of carbonyl (C=O) groups is 1. The second-order valence-corrected chi connectivity index (χ2v) is 5.20. The number of thiophene rings is 1. The van der Waals surface area contributed by atoms with Gasteiger partial charge in [-0.2, -0.15) is 0 Å². The lowest BCUT2D eigenvalue weighted by atomic mass is 10.3. The van der Waals surface area contributed by atoms with Gasteiger partial charge in [-0.1, -0.05) is 11.2 Å². The largest absolute Gasteiger partial charge is 0.391 e. The average molecular weight is 264 g/mol. The summed E-state index contributed by atoms with van der Waals surface area (Å²) < 4.78 is 5.17. The van der Waals surface area contributed by atoms with Crippen molar-refractivity contribution in [3.63, 3.8) is 0 Å². The summed E-state index contributed by atoms with van der Waals surface area (Å²) in [5.41, 5.74) is 0.299.